The molecule has 1 amide bonds. The van der Waals surface area contributed by atoms with E-state index in [1.54, 1.807) is 19.1 Å². The number of hydrazone groups is 1. The summed E-state index contributed by atoms with van der Waals surface area (Å²) in [5.74, 6) is -0.584. The van der Waals surface area contributed by atoms with Crippen molar-refractivity contribution in [3.8, 4) is 0 Å². The fourth-order valence-corrected chi connectivity index (χ4v) is 2.49. The Kier molecular flexibility index (Phi) is 5.17. The fraction of sp³-hybridized carbons (Fsp3) is 0.333. The lowest BCUT2D eigenvalue weighted by Gasteiger charge is -2.28. The summed E-state index contributed by atoms with van der Waals surface area (Å²) >= 11 is 0. The zero-order chi connectivity index (χ0) is 18.5. The number of hydrogen-bond acceptors (Lipinski definition) is 9. The molecule has 11 heteroatoms. The van der Waals surface area contributed by atoms with Crippen LogP contribution in [0.3, 0.4) is 0 Å². The predicted octanol–water partition coefficient (Wildman–Crippen LogP) is 0.887. The van der Waals surface area contributed by atoms with E-state index in [0.717, 1.165) is 0 Å². The maximum absolute atomic E-state index is 11.8. The molecular formula is C15H16N6O5. The third kappa shape index (κ3) is 3.83. The fourth-order valence-electron chi connectivity index (χ4n) is 2.49. The zero-order valence-electron chi connectivity index (χ0n) is 13.9. The molecule has 26 heavy (non-hydrogen) atoms. The standard InChI is InChI=1S/C15H16N6O5/c1-10-14(19-26-18-10)15(22)17-16-9-11-2-3-12(13(8-11)21(23)24)20-4-6-25-7-5-20/h2-3,8-9H,4-7H2,1H3,(H,17,22)/b16-9+. The van der Waals surface area contributed by atoms with E-state index in [0.29, 0.717) is 43.2 Å². The van der Waals surface area contributed by atoms with Gasteiger partial charge in [0.25, 0.3) is 11.6 Å². The van der Waals surface area contributed by atoms with Gasteiger partial charge >= 0.3 is 0 Å². The molecular weight excluding hydrogens is 344 g/mol. The number of nitro benzene ring substituents is 1. The van der Waals surface area contributed by atoms with Crippen molar-refractivity contribution in [3.05, 3.63) is 45.3 Å². The second kappa shape index (κ2) is 7.70. The minimum Gasteiger partial charge on any atom is -0.378 e. The van der Waals surface area contributed by atoms with Gasteiger partial charge in [-0.15, -0.1) is 0 Å². The van der Waals surface area contributed by atoms with Crippen LogP contribution in [0.1, 0.15) is 21.7 Å². The number of nitrogens with zero attached hydrogens (tertiary/aromatic N) is 5. The average Bonchev–Trinajstić information content (AvgIpc) is 3.08. The van der Waals surface area contributed by atoms with Crippen LogP contribution in [0.4, 0.5) is 11.4 Å². The number of carbonyl (C=O) groups excluding carboxylic acids is 1. The minimum absolute atomic E-state index is 0.0239. The van der Waals surface area contributed by atoms with Crippen LogP contribution < -0.4 is 10.3 Å². The highest BCUT2D eigenvalue weighted by Gasteiger charge is 2.21. The van der Waals surface area contributed by atoms with Crippen LogP contribution in [0, 0.1) is 17.0 Å². The number of morpholine rings is 1. The Morgan fingerprint density at radius 3 is 2.81 bits per heavy atom. The van der Waals surface area contributed by atoms with Crippen LogP contribution in [0.15, 0.2) is 27.9 Å². The van der Waals surface area contributed by atoms with Crippen LogP contribution in [0.5, 0.6) is 0 Å². The topological polar surface area (TPSA) is 136 Å². The molecule has 11 nitrogen and oxygen atoms in total. The number of ether oxygens (including phenoxy) is 1. The monoisotopic (exact) mass is 360 g/mol. The highest BCUT2D eigenvalue weighted by atomic mass is 16.6. The normalized spacial score (nSPS) is 14.6. The minimum atomic E-state index is -0.584. The molecule has 0 spiro atoms. The number of aromatic nitrogens is 2. The smallest absolute Gasteiger partial charge is 0.295 e. The molecule has 2 heterocycles. The first-order chi connectivity index (χ1) is 12.6. The lowest BCUT2D eigenvalue weighted by atomic mass is 10.1. The molecule has 0 bridgehead atoms. The van der Waals surface area contributed by atoms with Crippen LogP contribution in [0.2, 0.25) is 0 Å². The first-order valence-corrected chi connectivity index (χ1v) is 7.80. The van der Waals surface area contributed by atoms with Crippen molar-refractivity contribution in [1.82, 2.24) is 15.7 Å². The molecule has 3 rings (SSSR count). The van der Waals surface area contributed by atoms with Gasteiger partial charge in [0.2, 0.25) is 0 Å². The van der Waals surface area contributed by atoms with Crippen LogP contribution in [0.25, 0.3) is 0 Å². The molecule has 1 aromatic heterocycles. The highest BCUT2D eigenvalue weighted by molar-refractivity contribution is 5.94. The maximum Gasteiger partial charge on any atom is 0.295 e. The Morgan fingerprint density at radius 2 is 2.15 bits per heavy atom. The van der Waals surface area contributed by atoms with Crippen LogP contribution in [-0.2, 0) is 4.74 Å². The van der Waals surface area contributed by atoms with Gasteiger partial charge in [0.1, 0.15) is 11.4 Å². The number of hydrogen-bond donors (Lipinski definition) is 1. The summed E-state index contributed by atoms with van der Waals surface area (Å²) in [7, 11) is 0. The highest BCUT2D eigenvalue weighted by Crippen LogP contribution is 2.29. The number of benzene rings is 1. The number of aryl methyl sites for hydroxylation is 1. The molecule has 0 aliphatic carbocycles. The molecule has 1 fully saturated rings. The third-order valence-electron chi connectivity index (χ3n) is 3.80. The maximum atomic E-state index is 11.8. The van der Waals surface area contributed by atoms with Gasteiger partial charge < -0.3 is 9.64 Å². The van der Waals surface area contributed by atoms with E-state index in [1.807, 2.05) is 4.90 Å². The second-order valence-corrected chi connectivity index (χ2v) is 5.50. The lowest BCUT2D eigenvalue weighted by Crippen LogP contribution is -2.36. The zero-order valence-corrected chi connectivity index (χ0v) is 13.9. The molecule has 136 valence electrons. The van der Waals surface area contributed by atoms with E-state index < -0.39 is 10.8 Å². The quantitative estimate of drug-likeness (QED) is 0.471. The molecule has 0 saturated carbocycles. The summed E-state index contributed by atoms with van der Waals surface area (Å²) in [5.41, 5.74) is 3.61. The molecule has 1 N–H and O–H groups in total. The summed E-state index contributed by atoms with van der Waals surface area (Å²) in [6.07, 6.45) is 1.32. The molecule has 2 aromatic rings. The van der Waals surface area contributed by atoms with Crippen molar-refractivity contribution in [2.75, 3.05) is 31.2 Å². The molecule has 1 aliphatic rings. The summed E-state index contributed by atoms with van der Waals surface area (Å²) in [6.45, 7) is 3.82. The van der Waals surface area contributed by atoms with Gasteiger partial charge in [-0.3, -0.25) is 14.9 Å². The van der Waals surface area contributed by atoms with Crippen molar-refractivity contribution in [2.24, 2.45) is 5.10 Å². The largest absolute Gasteiger partial charge is 0.378 e. The average molecular weight is 360 g/mol. The molecule has 0 unspecified atom stereocenters. The number of nitrogens with one attached hydrogen (secondary N) is 1. The van der Waals surface area contributed by atoms with E-state index in [1.165, 1.54) is 12.3 Å². The predicted molar refractivity (Wildman–Crippen MR) is 90.2 cm³/mol. The van der Waals surface area contributed by atoms with E-state index in [4.69, 9.17) is 4.74 Å². The van der Waals surface area contributed by atoms with E-state index in [9.17, 15) is 14.9 Å². The van der Waals surface area contributed by atoms with E-state index >= 15 is 0 Å². The van der Waals surface area contributed by atoms with Crippen LogP contribution >= 0.6 is 0 Å². The van der Waals surface area contributed by atoms with Crippen molar-refractivity contribution >= 4 is 23.5 Å². The molecule has 1 aliphatic heterocycles. The van der Waals surface area contributed by atoms with Crippen molar-refractivity contribution in [2.45, 2.75) is 6.92 Å². The van der Waals surface area contributed by atoms with Gasteiger partial charge in [0, 0.05) is 24.7 Å². The van der Waals surface area contributed by atoms with Gasteiger partial charge in [-0.25, -0.2) is 10.1 Å². The van der Waals surface area contributed by atoms with Crippen molar-refractivity contribution in [3.63, 3.8) is 0 Å². The van der Waals surface area contributed by atoms with Gasteiger partial charge in [0.15, 0.2) is 5.69 Å². The van der Waals surface area contributed by atoms with Gasteiger partial charge in [-0.2, -0.15) is 5.10 Å². The summed E-state index contributed by atoms with van der Waals surface area (Å²) in [4.78, 5) is 24.7. The SMILES string of the molecule is Cc1nonc1C(=O)N/N=C/c1ccc(N2CCOCC2)c([N+](=O)[O-])c1. The number of nitro groups is 1. The van der Waals surface area contributed by atoms with Crippen molar-refractivity contribution < 1.29 is 19.1 Å². The number of anilines is 1. The summed E-state index contributed by atoms with van der Waals surface area (Å²) in [5, 5.41) is 22.2. The first-order valence-electron chi connectivity index (χ1n) is 7.80. The third-order valence-corrected chi connectivity index (χ3v) is 3.80. The lowest BCUT2D eigenvalue weighted by molar-refractivity contribution is -0.384. The van der Waals surface area contributed by atoms with Gasteiger partial charge in [-0.1, -0.05) is 11.2 Å². The Balaban J connectivity index is 1.74. The Morgan fingerprint density at radius 1 is 1.38 bits per heavy atom. The molecule has 0 atom stereocenters. The summed E-state index contributed by atoms with van der Waals surface area (Å²) < 4.78 is 9.71. The van der Waals surface area contributed by atoms with Gasteiger partial charge in [-0.05, 0) is 18.1 Å². The van der Waals surface area contributed by atoms with E-state index in [2.05, 4.69) is 25.5 Å². The number of rotatable bonds is 5. The number of carbonyl (C=O) groups is 1. The van der Waals surface area contributed by atoms with Crippen LogP contribution in [-0.4, -0.2) is 53.7 Å². The second-order valence-electron chi connectivity index (χ2n) is 5.50. The Bertz CT molecular complexity index is 843. The molecule has 1 aromatic carbocycles. The first kappa shape index (κ1) is 17.5. The molecule has 0 radical (unpaired) electrons. The van der Waals surface area contributed by atoms with E-state index in [-0.39, 0.29) is 11.4 Å². The van der Waals surface area contributed by atoms with Crippen molar-refractivity contribution in [1.29, 1.82) is 0 Å². The molecule has 1 saturated heterocycles. The number of amides is 1. The Hall–Kier alpha value is -3.34. The summed E-state index contributed by atoms with van der Waals surface area (Å²) in [6, 6.07) is 4.76. The van der Waals surface area contributed by atoms with Gasteiger partial charge in [0.05, 0.1) is 24.4 Å². The Labute approximate surface area is 147 Å².